The van der Waals surface area contributed by atoms with Gasteiger partial charge in [0, 0.05) is 0 Å². The first-order chi connectivity index (χ1) is 7.67. The number of rotatable bonds is 4. The number of hydrogen-bond acceptors (Lipinski definition) is 6. The smallest absolute Gasteiger partial charge is 0.425 e. The van der Waals surface area contributed by atoms with Gasteiger partial charge in [-0.05, 0) is 0 Å². The van der Waals surface area contributed by atoms with Crippen LogP contribution in [0.4, 0.5) is 18.0 Å². The van der Waals surface area contributed by atoms with Gasteiger partial charge in [-0.2, -0.15) is 25.9 Å². The molecule has 1 heterocycles. The maximum atomic E-state index is 11.8. The molecule has 0 bridgehead atoms. The van der Waals surface area contributed by atoms with E-state index < -0.39 is 48.4 Å². The molecule has 0 aromatic rings. The highest BCUT2D eigenvalue weighted by molar-refractivity contribution is 7.84. The van der Waals surface area contributed by atoms with Crippen LogP contribution in [0.1, 0.15) is 0 Å². The number of carbonyl (C=O) groups excluding carboxylic acids is 1. The molecule has 0 aromatic carbocycles. The molecule has 1 N–H and O–H groups in total. The molecule has 1 saturated heterocycles. The van der Waals surface area contributed by atoms with Crippen LogP contribution in [0.5, 0.6) is 0 Å². The lowest BCUT2D eigenvalue weighted by Gasteiger charge is -2.18. The van der Waals surface area contributed by atoms with E-state index in [1.807, 2.05) is 0 Å². The molecule has 0 radical (unpaired) electrons. The zero-order chi connectivity index (χ0) is 13.3. The highest BCUT2D eigenvalue weighted by Gasteiger charge is 2.44. The third-order valence-electron chi connectivity index (χ3n) is 1.73. The van der Waals surface area contributed by atoms with Crippen LogP contribution in [0, 0.1) is 0 Å². The van der Waals surface area contributed by atoms with Crippen molar-refractivity contribution in [3.05, 3.63) is 0 Å². The van der Waals surface area contributed by atoms with Gasteiger partial charge >= 0.3 is 22.6 Å². The average molecular weight is 279 g/mol. The lowest BCUT2D eigenvalue weighted by atomic mass is 10.4. The Labute approximate surface area is 94.0 Å². The Morgan fingerprint density at radius 2 is 2.12 bits per heavy atom. The minimum atomic E-state index is -4.92. The maximum Gasteiger partial charge on any atom is 0.425 e. The van der Waals surface area contributed by atoms with Crippen molar-refractivity contribution in [1.29, 1.82) is 0 Å². The van der Waals surface area contributed by atoms with Crippen LogP contribution in [0.25, 0.3) is 0 Å². The SMILES string of the molecule is O=C1OCC(CO)N1S(=O)(=O)OCC(F)(F)F. The summed E-state index contributed by atoms with van der Waals surface area (Å²) in [6, 6.07) is -1.28. The standard InChI is InChI=1S/C6H8F3NO6S/c7-6(8,9)3-16-17(13,14)10-4(1-11)2-15-5(10)12/h4,11H,1-3H2. The Balaban J connectivity index is 2.79. The van der Waals surface area contributed by atoms with E-state index in [0.29, 0.717) is 0 Å². The summed E-state index contributed by atoms with van der Waals surface area (Å²) >= 11 is 0. The van der Waals surface area contributed by atoms with E-state index in [-0.39, 0.29) is 4.31 Å². The Hall–Kier alpha value is -1.07. The molecule has 1 fully saturated rings. The van der Waals surface area contributed by atoms with Crippen molar-refractivity contribution in [2.45, 2.75) is 12.2 Å². The number of aliphatic hydroxyl groups is 1. The molecule has 0 aromatic heterocycles. The van der Waals surface area contributed by atoms with Crippen LogP contribution in [0.15, 0.2) is 0 Å². The van der Waals surface area contributed by atoms with Crippen molar-refractivity contribution in [2.24, 2.45) is 0 Å². The molecule has 7 nitrogen and oxygen atoms in total. The second-order valence-corrected chi connectivity index (χ2v) is 4.53. The lowest BCUT2D eigenvalue weighted by Crippen LogP contribution is -2.42. The maximum absolute atomic E-state index is 11.8. The van der Waals surface area contributed by atoms with E-state index in [4.69, 9.17) is 5.11 Å². The minimum absolute atomic E-state index is 0.0568. The summed E-state index contributed by atoms with van der Waals surface area (Å²) in [5, 5.41) is 8.73. The first-order valence-electron chi connectivity index (χ1n) is 4.20. The van der Waals surface area contributed by atoms with Gasteiger partial charge in [0.05, 0.1) is 6.61 Å². The monoisotopic (exact) mass is 279 g/mol. The normalized spacial score (nSPS) is 21.8. The van der Waals surface area contributed by atoms with Gasteiger partial charge in [-0.3, -0.25) is 0 Å². The molecule has 0 spiro atoms. The van der Waals surface area contributed by atoms with E-state index in [1.54, 1.807) is 0 Å². The highest BCUT2D eigenvalue weighted by Crippen LogP contribution is 2.21. The van der Waals surface area contributed by atoms with Gasteiger partial charge in [0.25, 0.3) is 0 Å². The Morgan fingerprint density at radius 1 is 1.53 bits per heavy atom. The van der Waals surface area contributed by atoms with Gasteiger partial charge in [0.15, 0.2) is 6.61 Å². The Kier molecular flexibility index (Phi) is 3.84. The molecule has 1 aliphatic heterocycles. The molecule has 1 unspecified atom stereocenters. The molecule has 0 saturated carbocycles. The van der Waals surface area contributed by atoms with E-state index in [9.17, 15) is 26.4 Å². The molecule has 17 heavy (non-hydrogen) atoms. The Bertz CT molecular complexity index is 393. The second kappa shape index (κ2) is 4.66. The zero-order valence-electron chi connectivity index (χ0n) is 8.18. The van der Waals surface area contributed by atoms with Gasteiger partial charge in [0.1, 0.15) is 12.6 Å². The van der Waals surface area contributed by atoms with Crippen molar-refractivity contribution in [3.63, 3.8) is 0 Å². The van der Waals surface area contributed by atoms with Crippen molar-refractivity contribution in [3.8, 4) is 0 Å². The summed E-state index contributed by atoms with van der Waals surface area (Å²) in [6.07, 6.45) is -6.24. The predicted molar refractivity (Wildman–Crippen MR) is 45.0 cm³/mol. The van der Waals surface area contributed by atoms with Crippen LogP contribution >= 0.6 is 0 Å². The molecule has 1 amide bonds. The summed E-state index contributed by atoms with van der Waals surface area (Å²) in [6.45, 7) is -3.28. The molecule has 100 valence electrons. The third kappa shape index (κ3) is 3.44. The van der Waals surface area contributed by atoms with Gasteiger partial charge in [-0.25, -0.2) is 8.98 Å². The number of aliphatic hydroxyl groups excluding tert-OH is 1. The van der Waals surface area contributed by atoms with E-state index >= 15 is 0 Å². The number of cyclic esters (lactones) is 1. The molecular formula is C6H8F3NO6S. The molecular weight excluding hydrogens is 271 g/mol. The van der Waals surface area contributed by atoms with Crippen LogP contribution in [0.2, 0.25) is 0 Å². The summed E-state index contributed by atoms with van der Waals surface area (Å²) in [4.78, 5) is 11.0. The van der Waals surface area contributed by atoms with Crippen molar-refractivity contribution < 1.29 is 40.4 Å². The van der Waals surface area contributed by atoms with E-state index in [2.05, 4.69) is 8.92 Å². The first-order valence-corrected chi connectivity index (χ1v) is 5.57. The van der Waals surface area contributed by atoms with Crippen molar-refractivity contribution in [2.75, 3.05) is 19.8 Å². The largest absolute Gasteiger partial charge is 0.446 e. The zero-order valence-corrected chi connectivity index (χ0v) is 8.99. The summed E-state index contributed by atoms with van der Waals surface area (Å²) in [7, 11) is -4.92. The third-order valence-corrected chi connectivity index (χ3v) is 3.08. The van der Waals surface area contributed by atoms with Crippen LogP contribution < -0.4 is 0 Å². The van der Waals surface area contributed by atoms with Gasteiger partial charge in [-0.1, -0.05) is 0 Å². The van der Waals surface area contributed by atoms with E-state index in [0.717, 1.165) is 0 Å². The molecule has 0 aliphatic carbocycles. The molecule has 1 atom stereocenters. The van der Waals surface area contributed by atoms with Crippen LogP contribution in [-0.4, -0.2) is 56.0 Å². The fourth-order valence-corrected chi connectivity index (χ4v) is 2.17. The van der Waals surface area contributed by atoms with Crippen molar-refractivity contribution in [1.82, 2.24) is 4.31 Å². The van der Waals surface area contributed by atoms with Gasteiger partial charge in [0.2, 0.25) is 0 Å². The number of alkyl halides is 3. The summed E-state index contributed by atoms with van der Waals surface area (Å²) in [5.74, 6) is 0. The number of nitrogens with zero attached hydrogens (tertiary/aromatic N) is 1. The molecule has 11 heteroatoms. The minimum Gasteiger partial charge on any atom is -0.446 e. The fourth-order valence-electron chi connectivity index (χ4n) is 1.05. The number of hydrogen-bond donors (Lipinski definition) is 1. The second-order valence-electron chi connectivity index (χ2n) is 3.04. The van der Waals surface area contributed by atoms with Gasteiger partial charge < -0.3 is 9.84 Å². The van der Waals surface area contributed by atoms with Crippen LogP contribution in [-0.2, 0) is 19.2 Å². The number of ether oxygens (including phenoxy) is 1. The lowest BCUT2D eigenvalue weighted by molar-refractivity contribution is -0.153. The molecule has 1 rings (SSSR count). The predicted octanol–water partition coefficient (Wildman–Crippen LogP) is -0.377. The number of carbonyl (C=O) groups is 1. The summed E-state index contributed by atoms with van der Waals surface area (Å²) in [5.41, 5.74) is 0. The highest BCUT2D eigenvalue weighted by atomic mass is 32.2. The fraction of sp³-hybridized carbons (Fsp3) is 0.833. The topological polar surface area (TPSA) is 93.1 Å². The first kappa shape index (κ1) is 14.0. The van der Waals surface area contributed by atoms with Crippen molar-refractivity contribution >= 4 is 16.4 Å². The van der Waals surface area contributed by atoms with Gasteiger partial charge in [-0.15, -0.1) is 0 Å². The molecule has 1 aliphatic rings. The average Bonchev–Trinajstić information content (AvgIpc) is 2.56. The number of halogens is 3. The quantitative estimate of drug-likeness (QED) is 0.754. The van der Waals surface area contributed by atoms with Crippen LogP contribution in [0.3, 0.4) is 0 Å². The van der Waals surface area contributed by atoms with E-state index in [1.165, 1.54) is 0 Å². The summed E-state index contributed by atoms with van der Waals surface area (Å²) < 4.78 is 65.7. The number of amides is 1. The Morgan fingerprint density at radius 3 is 2.59 bits per heavy atom.